The van der Waals surface area contributed by atoms with Crippen LogP contribution in [0, 0.1) is 12.7 Å². The summed E-state index contributed by atoms with van der Waals surface area (Å²) < 4.78 is 51.8. The maximum Gasteiger partial charge on any atom is 0.262 e. The van der Waals surface area contributed by atoms with Gasteiger partial charge in [0.25, 0.3) is 10.0 Å². The van der Waals surface area contributed by atoms with Gasteiger partial charge < -0.3 is 14.5 Å². The van der Waals surface area contributed by atoms with Gasteiger partial charge in [0.2, 0.25) is 11.8 Å². The number of anilines is 2. The van der Waals surface area contributed by atoms with Crippen LogP contribution >= 0.6 is 0 Å². The molecule has 224 valence electrons. The molecule has 1 fully saturated rings. The summed E-state index contributed by atoms with van der Waals surface area (Å²) in [5, 5.41) is 0.318. The van der Waals surface area contributed by atoms with Crippen LogP contribution in [0.1, 0.15) is 36.8 Å². The fraction of sp³-hybridized carbons (Fsp3) is 0.344. The number of rotatable bonds is 9. The Bertz CT molecular complexity index is 1840. The zero-order valence-corrected chi connectivity index (χ0v) is 25.5. The van der Waals surface area contributed by atoms with E-state index in [4.69, 9.17) is 4.74 Å². The molecule has 0 atom stereocenters. The Balaban J connectivity index is 1.44. The van der Waals surface area contributed by atoms with E-state index in [1.165, 1.54) is 24.4 Å². The monoisotopic (exact) mass is 603 g/mol. The Morgan fingerprint density at radius 2 is 1.84 bits per heavy atom. The highest BCUT2D eigenvalue weighted by molar-refractivity contribution is 7.92. The van der Waals surface area contributed by atoms with E-state index in [2.05, 4.69) is 14.7 Å². The number of likely N-dealkylation sites (N-methyl/N-ethyl adjacent to an activating group) is 1. The molecule has 0 radical (unpaired) electrons. The van der Waals surface area contributed by atoms with Gasteiger partial charge in [-0.3, -0.25) is 14.5 Å². The number of nitrogens with zero attached hydrogens (tertiary/aromatic N) is 4. The van der Waals surface area contributed by atoms with Crippen LogP contribution < -0.4 is 14.4 Å². The maximum absolute atomic E-state index is 16.6. The minimum atomic E-state index is -4.00. The molecule has 1 aliphatic carbocycles. The predicted molar refractivity (Wildman–Crippen MR) is 165 cm³/mol. The molecule has 1 spiro atoms. The van der Waals surface area contributed by atoms with E-state index < -0.39 is 21.3 Å². The van der Waals surface area contributed by atoms with Crippen molar-refractivity contribution in [2.24, 2.45) is 0 Å². The van der Waals surface area contributed by atoms with Gasteiger partial charge in [0, 0.05) is 41.9 Å². The topological polar surface area (TPSA) is 105 Å². The number of sulfonamides is 1. The van der Waals surface area contributed by atoms with E-state index in [0.29, 0.717) is 53.6 Å². The molecule has 3 heterocycles. The zero-order valence-electron chi connectivity index (χ0n) is 24.6. The van der Waals surface area contributed by atoms with Crippen molar-refractivity contribution in [2.75, 3.05) is 43.9 Å². The third kappa shape index (κ3) is 5.00. The Morgan fingerprint density at radius 3 is 2.51 bits per heavy atom. The lowest BCUT2D eigenvalue weighted by Gasteiger charge is -2.37. The number of carbonyl (C=O) groups excluding carboxylic acids is 1. The van der Waals surface area contributed by atoms with E-state index in [0.717, 1.165) is 18.5 Å². The minimum Gasteiger partial charge on any atom is -0.476 e. The Morgan fingerprint density at radius 1 is 1.09 bits per heavy atom. The summed E-state index contributed by atoms with van der Waals surface area (Å²) in [5.41, 5.74) is 2.65. The van der Waals surface area contributed by atoms with Gasteiger partial charge in [-0.2, -0.15) is 0 Å². The summed E-state index contributed by atoms with van der Waals surface area (Å²) in [6, 6.07) is 11.4. The van der Waals surface area contributed by atoms with Crippen LogP contribution in [0.5, 0.6) is 5.88 Å². The summed E-state index contributed by atoms with van der Waals surface area (Å²) in [4.78, 5) is 25.8. The van der Waals surface area contributed by atoms with E-state index in [1.54, 1.807) is 42.4 Å². The molecule has 43 heavy (non-hydrogen) atoms. The number of amides is 1. The number of hydrogen-bond acceptors (Lipinski definition) is 7. The predicted octanol–water partition coefficient (Wildman–Crippen LogP) is 5.27. The average Bonchev–Trinajstić information content (AvgIpc) is 3.18. The van der Waals surface area contributed by atoms with Crippen LogP contribution in [-0.4, -0.2) is 63.5 Å². The van der Waals surface area contributed by atoms with Gasteiger partial charge in [0.15, 0.2) is 0 Å². The minimum absolute atomic E-state index is 0.0295. The SMILES string of the molecule is Cc1ccc(S(=O)(=O)Nc2cc(-c3ccc4ncc5c(c4c3F)C3(CCC3)C(=O)N5C)cnc2OCCCN(C)C)cc1. The van der Waals surface area contributed by atoms with E-state index in [1.807, 2.05) is 25.9 Å². The number of ether oxygens (including phenoxy) is 1. The molecule has 4 aromatic rings. The summed E-state index contributed by atoms with van der Waals surface area (Å²) in [7, 11) is 1.62. The first-order valence-electron chi connectivity index (χ1n) is 14.3. The largest absolute Gasteiger partial charge is 0.476 e. The van der Waals surface area contributed by atoms with Gasteiger partial charge in [0.1, 0.15) is 11.5 Å². The molecule has 0 saturated heterocycles. The van der Waals surface area contributed by atoms with Gasteiger partial charge in [-0.05, 0) is 70.6 Å². The molecule has 0 bridgehead atoms. The maximum atomic E-state index is 16.6. The van der Waals surface area contributed by atoms with E-state index >= 15 is 4.39 Å². The summed E-state index contributed by atoms with van der Waals surface area (Å²) >= 11 is 0. The van der Waals surface area contributed by atoms with Crippen molar-refractivity contribution in [3.63, 3.8) is 0 Å². The Hall–Kier alpha value is -4.09. The second-order valence-electron chi connectivity index (χ2n) is 11.6. The van der Waals surface area contributed by atoms with Crippen molar-refractivity contribution in [3.8, 4) is 17.0 Å². The third-order valence-corrected chi connectivity index (χ3v) is 9.82. The van der Waals surface area contributed by atoms with Crippen molar-refractivity contribution in [1.29, 1.82) is 0 Å². The first kappa shape index (κ1) is 29.0. The van der Waals surface area contributed by atoms with Crippen LogP contribution in [0.3, 0.4) is 0 Å². The second kappa shape index (κ2) is 10.9. The van der Waals surface area contributed by atoms with Gasteiger partial charge in [-0.1, -0.05) is 24.1 Å². The van der Waals surface area contributed by atoms with Crippen LogP contribution in [-0.2, 0) is 20.2 Å². The fourth-order valence-corrected chi connectivity index (χ4v) is 7.03. The third-order valence-electron chi connectivity index (χ3n) is 8.44. The number of aryl methyl sites for hydroxylation is 1. The van der Waals surface area contributed by atoms with Crippen LogP contribution in [0.15, 0.2) is 59.8 Å². The van der Waals surface area contributed by atoms with Gasteiger partial charge in [-0.15, -0.1) is 0 Å². The first-order valence-corrected chi connectivity index (χ1v) is 15.8. The number of aromatic nitrogens is 2. The van der Waals surface area contributed by atoms with Crippen molar-refractivity contribution >= 4 is 38.2 Å². The molecule has 2 aromatic carbocycles. The molecule has 1 amide bonds. The molecule has 9 nitrogen and oxygen atoms in total. The lowest BCUT2D eigenvalue weighted by Crippen LogP contribution is -2.44. The standard InChI is InChI=1S/C32H34FN5O4S/c1-20-7-9-22(10-8-20)43(40,41)36-25-17-21(18-35-30(25)42-16-6-15-37(2)3)23-11-12-24-27(29(23)33)28-26(19-34-24)38(4)31(39)32(28)13-5-14-32/h7-12,17-19,36H,5-6,13-16H2,1-4H3. The zero-order chi connectivity index (χ0) is 30.5. The summed E-state index contributed by atoms with van der Waals surface area (Å²) in [5.74, 6) is -0.453. The van der Waals surface area contributed by atoms with E-state index in [9.17, 15) is 13.2 Å². The first-order chi connectivity index (χ1) is 20.5. The molecule has 0 unspecified atom stereocenters. The summed E-state index contributed by atoms with van der Waals surface area (Å²) in [6.07, 6.45) is 6.05. The molecule has 1 aliphatic heterocycles. The summed E-state index contributed by atoms with van der Waals surface area (Å²) in [6.45, 7) is 2.97. The normalized spacial score (nSPS) is 15.7. The van der Waals surface area contributed by atoms with Crippen LogP contribution in [0.4, 0.5) is 15.8 Å². The molecule has 6 rings (SSSR count). The van der Waals surface area contributed by atoms with Crippen molar-refractivity contribution < 1.29 is 22.3 Å². The van der Waals surface area contributed by atoms with Gasteiger partial charge in [-0.25, -0.2) is 17.8 Å². The Kier molecular flexibility index (Phi) is 7.34. The molecule has 1 saturated carbocycles. The van der Waals surface area contributed by atoms with Gasteiger partial charge in [0.05, 0.1) is 34.3 Å². The van der Waals surface area contributed by atoms with Crippen molar-refractivity contribution in [3.05, 3.63) is 71.8 Å². The number of carbonyl (C=O) groups is 1. The quantitative estimate of drug-likeness (QED) is 0.260. The number of hydrogen-bond donors (Lipinski definition) is 1. The molecular formula is C32H34FN5O4S. The average molecular weight is 604 g/mol. The molecule has 2 aliphatic rings. The molecule has 11 heteroatoms. The second-order valence-corrected chi connectivity index (χ2v) is 13.3. The number of benzene rings is 2. The molecule has 1 N–H and O–H groups in total. The number of pyridine rings is 2. The van der Waals surface area contributed by atoms with Crippen molar-refractivity contribution in [2.45, 2.75) is 42.9 Å². The van der Waals surface area contributed by atoms with E-state index in [-0.39, 0.29) is 27.9 Å². The highest BCUT2D eigenvalue weighted by Crippen LogP contribution is 2.55. The van der Waals surface area contributed by atoms with Crippen LogP contribution in [0.2, 0.25) is 0 Å². The number of fused-ring (bicyclic) bond motifs is 4. The van der Waals surface area contributed by atoms with Crippen LogP contribution in [0.25, 0.3) is 22.0 Å². The highest BCUT2D eigenvalue weighted by atomic mass is 32.2. The lowest BCUT2D eigenvalue weighted by atomic mass is 9.64. The fourth-order valence-electron chi connectivity index (χ4n) is 5.99. The number of halogens is 1. The lowest BCUT2D eigenvalue weighted by molar-refractivity contribution is -0.125. The smallest absolute Gasteiger partial charge is 0.262 e. The number of nitrogens with one attached hydrogen (secondary N) is 1. The van der Waals surface area contributed by atoms with Gasteiger partial charge >= 0.3 is 0 Å². The van der Waals surface area contributed by atoms with Crippen molar-refractivity contribution in [1.82, 2.24) is 14.9 Å². The molecule has 2 aromatic heterocycles. The Labute approximate surface area is 250 Å². The molecular weight excluding hydrogens is 569 g/mol. The highest BCUT2D eigenvalue weighted by Gasteiger charge is 2.55.